The minimum atomic E-state index is -0.158. The SMILES string of the molecule is CCCCCCCCN1CCC(=O)N2CCCCC2C1=O. The van der Waals surface area contributed by atoms with Crippen LogP contribution in [0.2, 0.25) is 0 Å². The molecule has 0 spiro atoms. The fourth-order valence-electron chi connectivity index (χ4n) is 3.49. The molecule has 2 amide bonds. The average Bonchev–Trinajstić information content (AvgIpc) is 2.63. The molecule has 1 unspecified atom stereocenters. The molecule has 0 aromatic heterocycles. The summed E-state index contributed by atoms with van der Waals surface area (Å²) in [6.45, 7) is 4.46. The Hall–Kier alpha value is -1.06. The van der Waals surface area contributed by atoms with E-state index in [1.165, 1.54) is 32.1 Å². The highest BCUT2D eigenvalue weighted by Gasteiger charge is 2.37. The fourth-order valence-corrected chi connectivity index (χ4v) is 3.49. The van der Waals surface area contributed by atoms with E-state index in [9.17, 15) is 9.59 Å². The van der Waals surface area contributed by atoms with E-state index in [0.29, 0.717) is 13.0 Å². The van der Waals surface area contributed by atoms with E-state index in [4.69, 9.17) is 0 Å². The number of carbonyl (C=O) groups excluding carboxylic acids is 2. The summed E-state index contributed by atoms with van der Waals surface area (Å²) in [5.74, 6) is 0.382. The van der Waals surface area contributed by atoms with E-state index < -0.39 is 0 Å². The molecule has 0 aromatic carbocycles. The largest absolute Gasteiger partial charge is 0.340 e. The van der Waals surface area contributed by atoms with E-state index in [2.05, 4.69) is 6.92 Å². The van der Waals surface area contributed by atoms with Gasteiger partial charge >= 0.3 is 0 Å². The molecule has 2 rings (SSSR count). The first-order chi connectivity index (χ1) is 10.2. The lowest BCUT2D eigenvalue weighted by Crippen LogP contribution is -2.49. The molecule has 4 heteroatoms. The van der Waals surface area contributed by atoms with E-state index >= 15 is 0 Å². The van der Waals surface area contributed by atoms with Crippen molar-refractivity contribution in [2.75, 3.05) is 19.6 Å². The highest BCUT2D eigenvalue weighted by Crippen LogP contribution is 2.23. The number of amides is 2. The second-order valence-electron chi connectivity index (χ2n) is 6.44. The number of piperidine rings is 1. The monoisotopic (exact) mass is 294 g/mol. The van der Waals surface area contributed by atoms with Crippen molar-refractivity contribution < 1.29 is 9.59 Å². The first-order valence-electron chi connectivity index (χ1n) is 8.82. The lowest BCUT2D eigenvalue weighted by Gasteiger charge is -2.34. The van der Waals surface area contributed by atoms with Crippen molar-refractivity contribution in [3.05, 3.63) is 0 Å². The third kappa shape index (κ3) is 4.45. The maximum atomic E-state index is 12.6. The molecule has 2 aliphatic heterocycles. The maximum Gasteiger partial charge on any atom is 0.245 e. The second kappa shape index (κ2) is 8.40. The molecule has 0 radical (unpaired) electrons. The van der Waals surface area contributed by atoms with E-state index in [-0.39, 0.29) is 17.9 Å². The van der Waals surface area contributed by atoms with Gasteiger partial charge in [0, 0.05) is 26.1 Å². The molecule has 4 nitrogen and oxygen atoms in total. The van der Waals surface area contributed by atoms with E-state index in [1.807, 2.05) is 9.80 Å². The Balaban J connectivity index is 1.80. The molecule has 2 heterocycles. The maximum absolute atomic E-state index is 12.6. The van der Waals surface area contributed by atoms with Crippen molar-refractivity contribution in [1.29, 1.82) is 0 Å². The number of carbonyl (C=O) groups is 2. The molecule has 0 saturated carbocycles. The molecule has 21 heavy (non-hydrogen) atoms. The molecular formula is C17H30N2O2. The Bertz CT molecular complexity index is 357. The number of nitrogens with zero attached hydrogens (tertiary/aromatic N) is 2. The molecule has 120 valence electrons. The molecule has 0 N–H and O–H groups in total. The van der Waals surface area contributed by atoms with Gasteiger partial charge in [-0.3, -0.25) is 9.59 Å². The van der Waals surface area contributed by atoms with Crippen molar-refractivity contribution in [3.8, 4) is 0 Å². The van der Waals surface area contributed by atoms with Gasteiger partial charge in [-0.15, -0.1) is 0 Å². The van der Waals surface area contributed by atoms with Gasteiger partial charge in [-0.25, -0.2) is 0 Å². The van der Waals surface area contributed by atoms with Gasteiger partial charge in [0.1, 0.15) is 6.04 Å². The fraction of sp³-hybridized carbons (Fsp3) is 0.882. The van der Waals surface area contributed by atoms with Crippen LogP contribution >= 0.6 is 0 Å². The molecule has 2 saturated heterocycles. The summed E-state index contributed by atoms with van der Waals surface area (Å²) in [4.78, 5) is 28.6. The standard InChI is InChI=1S/C17H30N2O2/c1-2-3-4-5-6-8-12-18-14-11-16(20)19-13-9-7-10-15(19)17(18)21/h15H,2-14H2,1H3. The normalized spacial score (nSPS) is 23.2. The van der Waals surface area contributed by atoms with Gasteiger partial charge in [-0.1, -0.05) is 39.0 Å². The van der Waals surface area contributed by atoms with Gasteiger partial charge in [-0.2, -0.15) is 0 Å². The van der Waals surface area contributed by atoms with Crippen LogP contribution < -0.4 is 0 Å². The highest BCUT2D eigenvalue weighted by molar-refractivity contribution is 5.90. The Morgan fingerprint density at radius 2 is 1.76 bits per heavy atom. The van der Waals surface area contributed by atoms with Crippen molar-refractivity contribution in [1.82, 2.24) is 9.80 Å². The van der Waals surface area contributed by atoms with Crippen molar-refractivity contribution >= 4 is 11.8 Å². The first kappa shape index (κ1) is 16.3. The van der Waals surface area contributed by atoms with Gasteiger partial charge in [0.25, 0.3) is 0 Å². The van der Waals surface area contributed by atoms with Crippen LogP contribution in [0.4, 0.5) is 0 Å². The Morgan fingerprint density at radius 3 is 2.57 bits per heavy atom. The number of hydrogen-bond donors (Lipinski definition) is 0. The van der Waals surface area contributed by atoms with Crippen LogP contribution in [-0.2, 0) is 9.59 Å². The molecule has 2 aliphatic rings. The predicted octanol–water partition coefficient (Wildman–Crippen LogP) is 2.96. The van der Waals surface area contributed by atoms with Gasteiger partial charge < -0.3 is 9.80 Å². The summed E-state index contributed by atoms with van der Waals surface area (Å²) in [6.07, 6.45) is 10.9. The lowest BCUT2D eigenvalue weighted by molar-refractivity contribution is -0.143. The van der Waals surface area contributed by atoms with Crippen LogP contribution in [0.5, 0.6) is 0 Å². The third-order valence-electron chi connectivity index (χ3n) is 4.80. The van der Waals surface area contributed by atoms with E-state index in [1.54, 1.807) is 0 Å². The molecule has 0 aliphatic carbocycles. The van der Waals surface area contributed by atoms with Gasteiger partial charge in [0.2, 0.25) is 11.8 Å². The Labute approximate surface area is 128 Å². The highest BCUT2D eigenvalue weighted by atomic mass is 16.2. The number of fused-ring (bicyclic) bond motifs is 1. The summed E-state index contributed by atoms with van der Waals surface area (Å²) in [5, 5.41) is 0. The summed E-state index contributed by atoms with van der Waals surface area (Å²) < 4.78 is 0. The number of hydrogen-bond acceptors (Lipinski definition) is 2. The van der Waals surface area contributed by atoms with Crippen LogP contribution in [0.15, 0.2) is 0 Å². The number of rotatable bonds is 7. The quantitative estimate of drug-likeness (QED) is 0.677. The average molecular weight is 294 g/mol. The van der Waals surface area contributed by atoms with Crippen LogP contribution in [0.1, 0.15) is 71.1 Å². The zero-order chi connectivity index (χ0) is 15.1. The number of unbranched alkanes of at least 4 members (excludes halogenated alkanes) is 5. The van der Waals surface area contributed by atoms with Crippen LogP contribution in [0.3, 0.4) is 0 Å². The molecular weight excluding hydrogens is 264 g/mol. The van der Waals surface area contributed by atoms with E-state index in [0.717, 1.165) is 38.8 Å². The topological polar surface area (TPSA) is 40.6 Å². The van der Waals surface area contributed by atoms with Crippen LogP contribution in [0.25, 0.3) is 0 Å². The third-order valence-corrected chi connectivity index (χ3v) is 4.80. The zero-order valence-corrected chi connectivity index (χ0v) is 13.5. The molecule has 0 bridgehead atoms. The van der Waals surface area contributed by atoms with Crippen LogP contribution in [-0.4, -0.2) is 47.3 Å². The molecule has 1 atom stereocenters. The Morgan fingerprint density at radius 1 is 1.00 bits per heavy atom. The summed E-state index contributed by atoms with van der Waals surface area (Å²) >= 11 is 0. The summed E-state index contributed by atoms with van der Waals surface area (Å²) in [6, 6.07) is -0.158. The minimum Gasteiger partial charge on any atom is -0.340 e. The summed E-state index contributed by atoms with van der Waals surface area (Å²) in [5.41, 5.74) is 0. The molecule has 0 aromatic rings. The smallest absolute Gasteiger partial charge is 0.245 e. The van der Waals surface area contributed by atoms with Gasteiger partial charge in [0.05, 0.1) is 0 Å². The first-order valence-corrected chi connectivity index (χ1v) is 8.82. The van der Waals surface area contributed by atoms with Gasteiger partial charge in [-0.05, 0) is 25.7 Å². The predicted molar refractivity (Wildman–Crippen MR) is 83.9 cm³/mol. The van der Waals surface area contributed by atoms with Crippen molar-refractivity contribution in [2.45, 2.75) is 77.2 Å². The lowest BCUT2D eigenvalue weighted by atomic mass is 10.0. The molecule has 2 fully saturated rings. The zero-order valence-electron chi connectivity index (χ0n) is 13.5. The van der Waals surface area contributed by atoms with Crippen LogP contribution in [0, 0.1) is 0 Å². The van der Waals surface area contributed by atoms with Crippen molar-refractivity contribution in [3.63, 3.8) is 0 Å². The van der Waals surface area contributed by atoms with Gasteiger partial charge in [0.15, 0.2) is 0 Å². The minimum absolute atomic E-state index is 0.158. The Kier molecular flexibility index (Phi) is 6.52. The second-order valence-corrected chi connectivity index (χ2v) is 6.44. The summed E-state index contributed by atoms with van der Waals surface area (Å²) in [7, 11) is 0. The van der Waals surface area contributed by atoms with Crippen molar-refractivity contribution in [2.24, 2.45) is 0 Å².